The summed E-state index contributed by atoms with van der Waals surface area (Å²) in [5.74, 6) is 1.45. The molecular weight excluding hydrogens is 446 g/mol. The summed E-state index contributed by atoms with van der Waals surface area (Å²) in [6.45, 7) is 10.6. The fourth-order valence-corrected chi connectivity index (χ4v) is 5.67. The first-order valence-corrected chi connectivity index (χ1v) is 12.6. The number of benzene rings is 1. The number of thiophene rings is 1. The number of hydrogen-bond acceptors (Lipinski definition) is 7. The molecule has 2 heterocycles. The van der Waals surface area contributed by atoms with E-state index in [1.165, 1.54) is 33.6 Å². The minimum absolute atomic E-state index is 0.149. The van der Waals surface area contributed by atoms with Gasteiger partial charge in [-0.25, -0.2) is 0 Å². The molecule has 1 amide bonds. The van der Waals surface area contributed by atoms with Crippen LogP contribution in [-0.4, -0.2) is 25.9 Å². The molecule has 162 valence electrons. The summed E-state index contributed by atoms with van der Waals surface area (Å²) >= 11 is 4.53. The van der Waals surface area contributed by atoms with E-state index in [1.807, 2.05) is 20.8 Å². The maximum absolute atomic E-state index is 12.8. The van der Waals surface area contributed by atoms with Crippen LogP contribution in [0.3, 0.4) is 0 Å². The van der Waals surface area contributed by atoms with Crippen molar-refractivity contribution >= 4 is 45.8 Å². The van der Waals surface area contributed by atoms with E-state index in [0.29, 0.717) is 16.3 Å². The van der Waals surface area contributed by atoms with Gasteiger partial charge in [-0.05, 0) is 52.3 Å². The summed E-state index contributed by atoms with van der Waals surface area (Å²) in [6.07, 6.45) is 0. The number of aromatic nitrogens is 3. The van der Waals surface area contributed by atoms with Gasteiger partial charge in [0, 0.05) is 16.3 Å². The van der Waals surface area contributed by atoms with Crippen LogP contribution in [0.1, 0.15) is 41.2 Å². The standard InChI is InChI=1S/C22H25N5OS3/c1-6-27-19(12-29-17-9-7-13(2)8-10-17)25-26-22(27)31-16(5)20(28)24-21-18(11-23)14(3)15(4)30-21/h7-10,16H,6,12H2,1-5H3,(H,24,28). The second-order valence-corrected chi connectivity index (χ2v) is 10.7. The Morgan fingerprint density at radius 1 is 1.26 bits per heavy atom. The highest BCUT2D eigenvalue weighted by Gasteiger charge is 2.22. The average molecular weight is 472 g/mol. The second-order valence-electron chi connectivity index (χ2n) is 7.09. The lowest BCUT2D eigenvalue weighted by Crippen LogP contribution is -2.23. The monoisotopic (exact) mass is 471 g/mol. The number of nitrogens with one attached hydrogen (secondary N) is 1. The molecule has 3 rings (SSSR count). The lowest BCUT2D eigenvalue weighted by Gasteiger charge is -2.12. The van der Waals surface area contributed by atoms with Gasteiger partial charge in [0.15, 0.2) is 5.16 Å². The molecule has 0 radical (unpaired) electrons. The number of thioether (sulfide) groups is 2. The van der Waals surface area contributed by atoms with Gasteiger partial charge in [-0.1, -0.05) is 29.5 Å². The van der Waals surface area contributed by atoms with Crippen molar-refractivity contribution in [2.24, 2.45) is 0 Å². The second kappa shape index (κ2) is 10.4. The van der Waals surface area contributed by atoms with Gasteiger partial charge in [0.1, 0.15) is 16.9 Å². The van der Waals surface area contributed by atoms with Crippen molar-refractivity contribution in [1.29, 1.82) is 5.26 Å². The maximum Gasteiger partial charge on any atom is 0.238 e. The number of carbonyl (C=O) groups is 1. The zero-order valence-corrected chi connectivity index (χ0v) is 20.7. The molecule has 31 heavy (non-hydrogen) atoms. The van der Waals surface area contributed by atoms with E-state index in [0.717, 1.165) is 28.0 Å². The molecule has 0 aliphatic rings. The molecule has 1 aromatic carbocycles. The topological polar surface area (TPSA) is 83.6 Å². The molecule has 1 N–H and O–H groups in total. The van der Waals surface area contributed by atoms with Crippen molar-refractivity contribution in [1.82, 2.24) is 14.8 Å². The number of anilines is 1. The highest BCUT2D eigenvalue weighted by molar-refractivity contribution is 8.00. The summed E-state index contributed by atoms with van der Waals surface area (Å²) in [7, 11) is 0. The molecule has 2 aromatic heterocycles. The zero-order valence-electron chi connectivity index (χ0n) is 18.2. The van der Waals surface area contributed by atoms with Gasteiger partial charge in [0.2, 0.25) is 5.91 Å². The first kappa shape index (κ1) is 23.4. The number of nitrogens with zero attached hydrogens (tertiary/aromatic N) is 4. The Balaban J connectivity index is 1.66. The van der Waals surface area contributed by atoms with Crippen molar-refractivity contribution in [2.75, 3.05) is 5.32 Å². The van der Waals surface area contributed by atoms with E-state index >= 15 is 0 Å². The fraction of sp³-hybridized carbons (Fsp3) is 0.364. The summed E-state index contributed by atoms with van der Waals surface area (Å²) in [6, 6.07) is 10.6. The van der Waals surface area contributed by atoms with Gasteiger partial charge < -0.3 is 9.88 Å². The zero-order chi connectivity index (χ0) is 22.5. The van der Waals surface area contributed by atoms with Crippen molar-refractivity contribution in [3.05, 3.63) is 51.7 Å². The minimum atomic E-state index is -0.374. The van der Waals surface area contributed by atoms with Crippen LogP contribution < -0.4 is 5.32 Å². The third kappa shape index (κ3) is 5.50. The van der Waals surface area contributed by atoms with E-state index in [1.54, 1.807) is 11.8 Å². The largest absolute Gasteiger partial charge is 0.316 e. The SMILES string of the molecule is CCn1c(CSc2ccc(C)cc2)nnc1SC(C)C(=O)Nc1sc(C)c(C)c1C#N. The van der Waals surface area contributed by atoms with E-state index < -0.39 is 0 Å². The minimum Gasteiger partial charge on any atom is -0.316 e. The summed E-state index contributed by atoms with van der Waals surface area (Å²) in [5.41, 5.74) is 2.70. The predicted molar refractivity (Wildman–Crippen MR) is 129 cm³/mol. The molecule has 9 heteroatoms. The molecule has 1 atom stereocenters. The fourth-order valence-electron chi connectivity index (χ4n) is 2.89. The summed E-state index contributed by atoms with van der Waals surface area (Å²) in [5, 5.41) is 22.0. The Labute approximate surface area is 195 Å². The van der Waals surface area contributed by atoms with Crippen LogP contribution >= 0.6 is 34.9 Å². The van der Waals surface area contributed by atoms with Crippen LogP contribution in [0.15, 0.2) is 34.3 Å². The number of nitriles is 1. The highest BCUT2D eigenvalue weighted by atomic mass is 32.2. The van der Waals surface area contributed by atoms with Crippen LogP contribution in [0.5, 0.6) is 0 Å². The van der Waals surface area contributed by atoms with Crippen LogP contribution in [-0.2, 0) is 17.1 Å². The Hall–Kier alpha value is -2.28. The number of rotatable bonds is 8. The van der Waals surface area contributed by atoms with Gasteiger partial charge in [0.05, 0.1) is 16.6 Å². The molecule has 0 fully saturated rings. The van der Waals surface area contributed by atoms with Gasteiger partial charge in [-0.2, -0.15) is 5.26 Å². The van der Waals surface area contributed by atoms with E-state index in [4.69, 9.17) is 0 Å². The van der Waals surface area contributed by atoms with Gasteiger partial charge >= 0.3 is 0 Å². The van der Waals surface area contributed by atoms with Crippen molar-refractivity contribution < 1.29 is 4.79 Å². The van der Waals surface area contributed by atoms with Crippen LogP contribution in [0.2, 0.25) is 0 Å². The predicted octanol–water partition coefficient (Wildman–Crippen LogP) is 5.57. The van der Waals surface area contributed by atoms with Gasteiger partial charge in [0.25, 0.3) is 0 Å². The highest BCUT2D eigenvalue weighted by Crippen LogP contribution is 2.33. The maximum atomic E-state index is 12.8. The molecule has 1 unspecified atom stereocenters. The molecule has 3 aromatic rings. The van der Waals surface area contributed by atoms with Crippen LogP contribution in [0.4, 0.5) is 5.00 Å². The number of aryl methyl sites for hydroxylation is 2. The molecule has 0 saturated carbocycles. The molecular formula is C22H25N5OS3. The van der Waals surface area contributed by atoms with Crippen molar-refractivity contribution in [3.63, 3.8) is 0 Å². The van der Waals surface area contributed by atoms with Crippen molar-refractivity contribution in [3.8, 4) is 6.07 Å². The molecule has 0 saturated heterocycles. The molecule has 0 aliphatic carbocycles. The van der Waals surface area contributed by atoms with E-state index in [2.05, 4.69) is 64.3 Å². The van der Waals surface area contributed by atoms with Crippen molar-refractivity contribution in [2.45, 2.75) is 62.2 Å². The Kier molecular flexibility index (Phi) is 7.81. The Bertz CT molecular complexity index is 1110. The first-order valence-electron chi connectivity index (χ1n) is 9.93. The molecule has 0 spiro atoms. The smallest absolute Gasteiger partial charge is 0.238 e. The number of amides is 1. The lowest BCUT2D eigenvalue weighted by atomic mass is 10.2. The molecule has 0 aliphatic heterocycles. The Morgan fingerprint density at radius 3 is 2.61 bits per heavy atom. The molecule has 6 nitrogen and oxygen atoms in total. The van der Waals surface area contributed by atoms with Gasteiger partial charge in [-0.3, -0.25) is 4.79 Å². The van der Waals surface area contributed by atoms with E-state index in [9.17, 15) is 10.1 Å². The summed E-state index contributed by atoms with van der Waals surface area (Å²) < 4.78 is 2.05. The third-order valence-electron chi connectivity index (χ3n) is 4.88. The average Bonchev–Trinajstić information content (AvgIpc) is 3.26. The number of hydrogen-bond donors (Lipinski definition) is 1. The van der Waals surface area contributed by atoms with Gasteiger partial charge in [-0.15, -0.1) is 33.3 Å². The van der Waals surface area contributed by atoms with Crippen LogP contribution in [0, 0.1) is 32.1 Å². The Morgan fingerprint density at radius 2 is 1.97 bits per heavy atom. The summed E-state index contributed by atoms with van der Waals surface area (Å²) in [4.78, 5) is 15.0. The number of carbonyl (C=O) groups excluding carboxylic acids is 1. The third-order valence-corrected chi connectivity index (χ3v) is 8.10. The van der Waals surface area contributed by atoms with E-state index in [-0.39, 0.29) is 11.2 Å². The first-order chi connectivity index (χ1) is 14.8. The molecule has 0 bridgehead atoms. The van der Waals surface area contributed by atoms with Crippen LogP contribution in [0.25, 0.3) is 0 Å². The lowest BCUT2D eigenvalue weighted by molar-refractivity contribution is -0.115. The normalized spacial score (nSPS) is 11.9. The quantitative estimate of drug-likeness (QED) is 0.433.